The molecule has 0 aliphatic rings. The number of rotatable bonds is 2. The van der Waals surface area contributed by atoms with Gasteiger partial charge >= 0.3 is 0 Å². The summed E-state index contributed by atoms with van der Waals surface area (Å²) in [6, 6.07) is 1.98. The number of nitrogens with one attached hydrogen (secondary N) is 1. The fourth-order valence-corrected chi connectivity index (χ4v) is 2.86. The fraction of sp³-hybridized carbons (Fsp3) is 0.357. The number of aromatic amines is 1. The van der Waals surface area contributed by atoms with Crippen LogP contribution in [0, 0.1) is 34.6 Å². The minimum Gasteiger partial charge on any atom is -0.355 e. The van der Waals surface area contributed by atoms with Crippen LogP contribution < -0.4 is 0 Å². The monoisotopic (exact) mass is 247 g/mol. The number of H-pyrrole nitrogens is 1. The summed E-state index contributed by atoms with van der Waals surface area (Å²) in [5.41, 5.74) is 5.25. The second-order valence-corrected chi connectivity index (χ2v) is 5.81. The van der Waals surface area contributed by atoms with Gasteiger partial charge in [-0.3, -0.25) is 4.79 Å². The Morgan fingerprint density at radius 1 is 1.12 bits per heavy atom. The lowest BCUT2D eigenvalue weighted by Crippen LogP contribution is -2.01. The van der Waals surface area contributed by atoms with Gasteiger partial charge in [-0.05, 0) is 57.4 Å². The summed E-state index contributed by atoms with van der Waals surface area (Å²) in [5.74, 6) is 0.111. The standard InChI is InChI=1S/C14H17NOS/c1-7-6-12(17-11(7)5)14(16)13-9(3)8(2)10(4)15-13/h6,15H,1-5H3. The van der Waals surface area contributed by atoms with Crippen molar-refractivity contribution in [2.75, 3.05) is 0 Å². The normalized spacial score (nSPS) is 10.9. The maximum absolute atomic E-state index is 12.4. The van der Waals surface area contributed by atoms with Crippen molar-refractivity contribution in [3.8, 4) is 0 Å². The zero-order valence-corrected chi connectivity index (χ0v) is 11.7. The molecule has 2 heterocycles. The van der Waals surface area contributed by atoms with E-state index in [4.69, 9.17) is 0 Å². The van der Waals surface area contributed by atoms with Crippen molar-refractivity contribution in [1.29, 1.82) is 0 Å². The highest BCUT2D eigenvalue weighted by Gasteiger charge is 2.18. The zero-order valence-electron chi connectivity index (χ0n) is 10.9. The number of carbonyl (C=O) groups is 1. The average molecular weight is 247 g/mol. The molecule has 3 heteroatoms. The van der Waals surface area contributed by atoms with E-state index >= 15 is 0 Å². The molecular weight excluding hydrogens is 230 g/mol. The van der Waals surface area contributed by atoms with Crippen LogP contribution in [-0.2, 0) is 0 Å². The van der Waals surface area contributed by atoms with Gasteiger partial charge in [-0.15, -0.1) is 11.3 Å². The van der Waals surface area contributed by atoms with E-state index in [0.717, 1.165) is 21.8 Å². The van der Waals surface area contributed by atoms with Crippen LogP contribution in [0.2, 0.25) is 0 Å². The first-order chi connectivity index (χ1) is 7.91. The predicted molar refractivity (Wildman–Crippen MR) is 72.2 cm³/mol. The maximum Gasteiger partial charge on any atom is 0.219 e. The smallest absolute Gasteiger partial charge is 0.219 e. The molecule has 0 aromatic carbocycles. The Morgan fingerprint density at radius 3 is 2.18 bits per heavy atom. The van der Waals surface area contributed by atoms with E-state index in [1.54, 1.807) is 11.3 Å². The summed E-state index contributed by atoms with van der Waals surface area (Å²) in [4.78, 5) is 17.6. The molecule has 1 N–H and O–H groups in total. The predicted octanol–water partition coefficient (Wildman–Crippen LogP) is 3.85. The van der Waals surface area contributed by atoms with E-state index in [0.29, 0.717) is 0 Å². The number of carbonyl (C=O) groups excluding carboxylic acids is 1. The molecule has 0 saturated carbocycles. The molecule has 2 nitrogen and oxygen atoms in total. The van der Waals surface area contributed by atoms with Crippen molar-refractivity contribution < 1.29 is 4.79 Å². The van der Waals surface area contributed by atoms with Crippen LogP contribution in [-0.4, -0.2) is 10.8 Å². The van der Waals surface area contributed by atoms with E-state index in [1.807, 2.05) is 33.8 Å². The number of hydrogen-bond acceptors (Lipinski definition) is 2. The van der Waals surface area contributed by atoms with E-state index in [2.05, 4.69) is 11.9 Å². The lowest BCUT2D eigenvalue weighted by molar-refractivity contribution is 0.103. The average Bonchev–Trinajstić information content (AvgIpc) is 2.74. The van der Waals surface area contributed by atoms with Crippen molar-refractivity contribution in [3.05, 3.63) is 43.9 Å². The van der Waals surface area contributed by atoms with Gasteiger partial charge in [0, 0.05) is 10.6 Å². The lowest BCUT2D eigenvalue weighted by atomic mass is 10.1. The van der Waals surface area contributed by atoms with E-state index < -0.39 is 0 Å². The Bertz CT molecular complexity index is 570. The van der Waals surface area contributed by atoms with Crippen molar-refractivity contribution >= 4 is 17.1 Å². The van der Waals surface area contributed by atoms with E-state index in [9.17, 15) is 4.79 Å². The van der Waals surface area contributed by atoms with Crippen LogP contribution in [0.3, 0.4) is 0 Å². The van der Waals surface area contributed by atoms with Gasteiger partial charge in [0.1, 0.15) is 0 Å². The summed E-state index contributed by atoms with van der Waals surface area (Å²) in [6.07, 6.45) is 0. The Balaban J connectivity index is 2.47. The summed E-state index contributed by atoms with van der Waals surface area (Å²) in [6.45, 7) is 10.1. The topological polar surface area (TPSA) is 32.9 Å². The molecule has 0 saturated heterocycles. The second-order valence-electron chi connectivity index (χ2n) is 4.55. The Kier molecular flexibility index (Phi) is 2.96. The maximum atomic E-state index is 12.4. The van der Waals surface area contributed by atoms with Crippen molar-refractivity contribution in [2.45, 2.75) is 34.6 Å². The van der Waals surface area contributed by atoms with Crippen molar-refractivity contribution in [1.82, 2.24) is 4.98 Å². The first kappa shape index (κ1) is 12.1. The molecule has 0 aliphatic heterocycles. The van der Waals surface area contributed by atoms with Gasteiger partial charge in [0.15, 0.2) is 0 Å². The van der Waals surface area contributed by atoms with Crippen LogP contribution in [0.15, 0.2) is 6.07 Å². The summed E-state index contributed by atoms with van der Waals surface area (Å²) >= 11 is 1.57. The minimum atomic E-state index is 0.111. The Hall–Kier alpha value is -1.35. The minimum absolute atomic E-state index is 0.111. The van der Waals surface area contributed by atoms with Gasteiger partial charge in [-0.2, -0.15) is 0 Å². The highest BCUT2D eigenvalue weighted by Crippen LogP contribution is 2.25. The molecule has 0 bridgehead atoms. The number of aromatic nitrogens is 1. The van der Waals surface area contributed by atoms with Crippen molar-refractivity contribution in [3.63, 3.8) is 0 Å². The van der Waals surface area contributed by atoms with Crippen LogP contribution in [0.25, 0.3) is 0 Å². The first-order valence-corrected chi connectivity index (χ1v) is 6.51. The van der Waals surface area contributed by atoms with E-state index in [1.165, 1.54) is 16.0 Å². The number of thiophene rings is 1. The molecule has 0 fully saturated rings. The molecule has 0 amide bonds. The molecule has 0 aliphatic carbocycles. The number of aryl methyl sites for hydroxylation is 3. The molecule has 2 aromatic heterocycles. The molecule has 2 aromatic rings. The molecule has 0 spiro atoms. The second kappa shape index (κ2) is 4.15. The Labute approximate surface area is 106 Å². The van der Waals surface area contributed by atoms with Gasteiger partial charge in [-0.1, -0.05) is 0 Å². The van der Waals surface area contributed by atoms with Gasteiger partial charge in [-0.25, -0.2) is 0 Å². The SMILES string of the molecule is Cc1cc(C(=O)c2[nH]c(C)c(C)c2C)sc1C. The van der Waals surface area contributed by atoms with E-state index in [-0.39, 0.29) is 5.78 Å². The third kappa shape index (κ3) is 1.95. The lowest BCUT2D eigenvalue weighted by Gasteiger charge is -1.97. The summed E-state index contributed by atoms with van der Waals surface area (Å²) in [5, 5.41) is 0. The van der Waals surface area contributed by atoms with Gasteiger partial charge in [0.2, 0.25) is 5.78 Å². The van der Waals surface area contributed by atoms with Crippen LogP contribution in [0.1, 0.15) is 42.6 Å². The highest BCUT2D eigenvalue weighted by molar-refractivity contribution is 7.14. The largest absolute Gasteiger partial charge is 0.355 e. The summed E-state index contributed by atoms with van der Waals surface area (Å²) in [7, 11) is 0. The third-order valence-corrected chi connectivity index (χ3v) is 4.58. The van der Waals surface area contributed by atoms with Gasteiger partial charge in [0.05, 0.1) is 10.6 Å². The fourth-order valence-electron chi connectivity index (χ4n) is 1.88. The van der Waals surface area contributed by atoms with Crippen LogP contribution in [0.4, 0.5) is 0 Å². The highest BCUT2D eigenvalue weighted by atomic mass is 32.1. The first-order valence-electron chi connectivity index (χ1n) is 5.69. The van der Waals surface area contributed by atoms with Gasteiger partial charge < -0.3 is 4.98 Å². The molecule has 17 heavy (non-hydrogen) atoms. The molecule has 90 valence electrons. The quantitative estimate of drug-likeness (QED) is 0.803. The van der Waals surface area contributed by atoms with Crippen molar-refractivity contribution in [2.24, 2.45) is 0 Å². The number of ketones is 1. The molecule has 2 rings (SSSR count). The molecule has 0 radical (unpaired) electrons. The third-order valence-electron chi connectivity index (χ3n) is 3.43. The zero-order chi connectivity index (χ0) is 12.7. The Morgan fingerprint density at radius 2 is 1.76 bits per heavy atom. The molecule has 0 atom stereocenters. The molecular formula is C14H17NOS. The van der Waals surface area contributed by atoms with Crippen LogP contribution in [0.5, 0.6) is 0 Å². The van der Waals surface area contributed by atoms with Crippen LogP contribution >= 0.6 is 11.3 Å². The summed E-state index contributed by atoms with van der Waals surface area (Å²) < 4.78 is 0. The molecule has 0 unspecified atom stereocenters. The number of hydrogen-bond donors (Lipinski definition) is 1. The van der Waals surface area contributed by atoms with Gasteiger partial charge in [0.25, 0.3) is 0 Å².